The minimum atomic E-state index is -0.175. The molecule has 0 aromatic heterocycles. The minimum Gasteiger partial charge on any atom is -0.466 e. The number of allylic oxidation sites excluding steroid dienone is 1. The summed E-state index contributed by atoms with van der Waals surface area (Å²) in [5.74, 6) is 2.15. The van der Waals surface area contributed by atoms with E-state index in [0.717, 1.165) is 12.8 Å². The molecule has 0 N–H and O–H groups in total. The third kappa shape index (κ3) is 8.22. The normalized spacial score (nSPS) is 9.47. The van der Waals surface area contributed by atoms with Gasteiger partial charge >= 0.3 is 5.97 Å². The van der Waals surface area contributed by atoms with Gasteiger partial charge in [-0.15, -0.1) is 11.6 Å². The highest BCUT2D eigenvalue weighted by Crippen LogP contribution is 2.10. The quantitative estimate of drug-likeness (QED) is 0.280. The van der Waals surface area contributed by atoms with Gasteiger partial charge in [0.25, 0.3) is 0 Å². The Hall–Kier alpha value is -0.790. The molecule has 0 aromatic rings. The van der Waals surface area contributed by atoms with Gasteiger partial charge < -0.3 is 4.74 Å². The van der Waals surface area contributed by atoms with Gasteiger partial charge in [0.2, 0.25) is 0 Å². The van der Waals surface area contributed by atoms with Crippen molar-refractivity contribution in [3.05, 3.63) is 5.57 Å². The van der Waals surface area contributed by atoms with E-state index < -0.39 is 0 Å². The molecule has 0 atom stereocenters. The molecule has 0 aromatic carbocycles. The number of halogens is 1. The van der Waals surface area contributed by atoms with E-state index in [4.69, 9.17) is 16.3 Å². The molecule has 0 spiro atoms. The predicted octanol–water partition coefficient (Wildman–Crippen LogP) is 2.50. The van der Waals surface area contributed by atoms with Crippen LogP contribution in [0.25, 0.3) is 0 Å². The molecule has 4 heteroatoms. The molecule has 0 saturated carbocycles. The lowest BCUT2D eigenvalue weighted by Gasteiger charge is -2.02. The fraction of sp³-hybridized carbons (Fsp3) is 0.727. The van der Waals surface area contributed by atoms with E-state index in [1.54, 1.807) is 6.92 Å². The fourth-order valence-corrected chi connectivity index (χ4v) is 1.41. The van der Waals surface area contributed by atoms with Crippen molar-refractivity contribution < 1.29 is 14.3 Å². The number of esters is 1. The summed E-state index contributed by atoms with van der Waals surface area (Å²) in [5, 5.41) is 0. The van der Waals surface area contributed by atoms with Gasteiger partial charge in [0.05, 0.1) is 6.61 Å². The molecule has 0 radical (unpaired) electrons. The standard InChI is InChI=1S/C11H17ClO3/c1-2-15-11(14)6-4-3-5-10(9-13)7-8-12/h2-8H2,1H3. The van der Waals surface area contributed by atoms with Crippen LogP contribution in [0.15, 0.2) is 5.57 Å². The molecule has 86 valence electrons. The first-order valence-electron chi connectivity index (χ1n) is 5.19. The van der Waals surface area contributed by atoms with Crippen molar-refractivity contribution in [1.29, 1.82) is 0 Å². The number of hydrogen-bond donors (Lipinski definition) is 0. The lowest BCUT2D eigenvalue weighted by atomic mass is 10.1. The highest BCUT2D eigenvalue weighted by molar-refractivity contribution is 6.18. The zero-order valence-corrected chi connectivity index (χ0v) is 9.81. The molecule has 0 aliphatic rings. The van der Waals surface area contributed by atoms with E-state index >= 15 is 0 Å². The summed E-state index contributed by atoms with van der Waals surface area (Å²) in [4.78, 5) is 21.4. The smallest absolute Gasteiger partial charge is 0.305 e. The number of carbonyl (C=O) groups excluding carboxylic acids is 2. The van der Waals surface area contributed by atoms with E-state index in [1.807, 2.05) is 5.94 Å². The van der Waals surface area contributed by atoms with Gasteiger partial charge in [0.1, 0.15) is 5.94 Å². The van der Waals surface area contributed by atoms with Crippen LogP contribution in [0.4, 0.5) is 0 Å². The highest BCUT2D eigenvalue weighted by Gasteiger charge is 2.02. The summed E-state index contributed by atoms with van der Waals surface area (Å²) in [5.41, 5.74) is 0.703. The van der Waals surface area contributed by atoms with Crippen LogP contribution in [0.2, 0.25) is 0 Å². The monoisotopic (exact) mass is 232 g/mol. The van der Waals surface area contributed by atoms with Gasteiger partial charge in [-0.2, -0.15) is 0 Å². The number of alkyl halides is 1. The molecule has 0 aliphatic carbocycles. The molecule has 0 heterocycles. The molecule has 0 aliphatic heterocycles. The lowest BCUT2D eigenvalue weighted by molar-refractivity contribution is -0.143. The Kier molecular flexibility index (Phi) is 9.24. The zero-order valence-electron chi connectivity index (χ0n) is 9.05. The van der Waals surface area contributed by atoms with Crippen LogP contribution in [0.1, 0.15) is 39.0 Å². The van der Waals surface area contributed by atoms with Gasteiger partial charge in [0.15, 0.2) is 0 Å². The molecule has 0 rings (SSSR count). The Balaban J connectivity index is 3.53. The second-order valence-electron chi connectivity index (χ2n) is 3.16. The van der Waals surface area contributed by atoms with Crippen LogP contribution in [0.5, 0.6) is 0 Å². The van der Waals surface area contributed by atoms with Gasteiger partial charge in [-0.3, -0.25) is 4.79 Å². The predicted molar refractivity (Wildman–Crippen MR) is 59.6 cm³/mol. The summed E-state index contributed by atoms with van der Waals surface area (Å²) in [6, 6.07) is 0. The maximum Gasteiger partial charge on any atom is 0.305 e. The SMILES string of the molecule is CCOC(=O)CCCCC(=C=O)CCCl. The second-order valence-corrected chi connectivity index (χ2v) is 3.53. The van der Waals surface area contributed by atoms with Crippen LogP contribution in [-0.2, 0) is 14.3 Å². The Morgan fingerprint density at radius 3 is 2.47 bits per heavy atom. The molecule has 0 bridgehead atoms. The van der Waals surface area contributed by atoms with E-state index in [9.17, 15) is 9.59 Å². The van der Waals surface area contributed by atoms with Crippen LogP contribution < -0.4 is 0 Å². The molecule has 3 nitrogen and oxygen atoms in total. The van der Waals surface area contributed by atoms with Crippen LogP contribution in [-0.4, -0.2) is 24.4 Å². The maximum absolute atomic E-state index is 11.0. The number of unbranched alkanes of at least 4 members (excludes halogenated alkanes) is 1. The molecular formula is C11H17ClO3. The van der Waals surface area contributed by atoms with Crippen molar-refractivity contribution in [2.45, 2.75) is 39.0 Å². The first-order valence-corrected chi connectivity index (χ1v) is 5.72. The molecule has 15 heavy (non-hydrogen) atoms. The van der Waals surface area contributed by atoms with E-state index in [2.05, 4.69) is 0 Å². The van der Waals surface area contributed by atoms with Crippen LogP contribution >= 0.6 is 11.6 Å². The van der Waals surface area contributed by atoms with Crippen LogP contribution in [0, 0.1) is 0 Å². The molecule has 0 unspecified atom stereocenters. The number of hydrogen-bond acceptors (Lipinski definition) is 3. The minimum absolute atomic E-state index is 0.175. The topological polar surface area (TPSA) is 43.4 Å². The molecular weight excluding hydrogens is 216 g/mol. The van der Waals surface area contributed by atoms with Gasteiger partial charge in [-0.25, -0.2) is 4.79 Å². The average molecular weight is 233 g/mol. The highest BCUT2D eigenvalue weighted by atomic mass is 35.5. The lowest BCUT2D eigenvalue weighted by Crippen LogP contribution is -2.03. The van der Waals surface area contributed by atoms with Crippen molar-refractivity contribution in [2.75, 3.05) is 12.5 Å². The van der Waals surface area contributed by atoms with E-state index in [0.29, 0.717) is 37.3 Å². The number of ether oxygens (including phenoxy) is 1. The first kappa shape index (κ1) is 14.2. The summed E-state index contributed by atoms with van der Waals surface area (Å²) < 4.78 is 4.78. The first-order chi connectivity index (χ1) is 7.24. The fourth-order valence-electron chi connectivity index (χ4n) is 1.18. The zero-order chi connectivity index (χ0) is 11.5. The largest absolute Gasteiger partial charge is 0.466 e. The number of rotatable bonds is 8. The van der Waals surface area contributed by atoms with Gasteiger partial charge in [-0.1, -0.05) is 0 Å². The molecule has 0 amide bonds. The van der Waals surface area contributed by atoms with Crippen molar-refractivity contribution in [3.8, 4) is 0 Å². The summed E-state index contributed by atoms with van der Waals surface area (Å²) in [6.45, 7) is 2.20. The second kappa shape index (κ2) is 9.75. The van der Waals surface area contributed by atoms with Crippen molar-refractivity contribution in [2.24, 2.45) is 0 Å². The summed E-state index contributed by atoms with van der Waals surface area (Å²) in [7, 11) is 0. The third-order valence-corrected chi connectivity index (χ3v) is 2.14. The van der Waals surface area contributed by atoms with E-state index in [-0.39, 0.29) is 5.97 Å². The Morgan fingerprint density at radius 1 is 1.27 bits per heavy atom. The Morgan fingerprint density at radius 2 is 1.93 bits per heavy atom. The Bertz CT molecular complexity index is 232. The summed E-state index contributed by atoms with van der Waals surface area (Å²) in [6.07, 6.45) is 3.23. The molecule has 0 saturated heterocycles. The number of carbonyl (C=O) groups is 1. The Labute approximate surface area is 95.4 Å². The van der Waals surface area contributed by atoms with Crippen LogP contribution in [0.3, 0.4) is 0 Å². The molecule has 0 fully saturated rings. The van der Waals surface area contributed by atoms with Gasteiger partial charge in [0, 0.05) is 17.9 Å². The van der Waals surface area contributed by atoms with Crippen molar-refractivity contribution in [3.63, 3.8) is 0 Å². The average Bonchev–Trinajstić information content (AvgIpc) is 2.23. The van der Waals surface area contributed by atoms with E-state index in [1.165, 1.54) is 0 Å². The summed E-state index contributed by atoms with van der Waals surface area (Å²) >= 11 is 5.51. The van der Waals surface area contributed by atoms with Gasteiger partial charge in [-0.05, 0) is 32.6 Å². The van der Waals surface area contributed by atoms with Crippen molar-refractivity contribution in [1.82, 2.24) is 0 Å². The van der Waals surface area contributed by atoms with Crippen molar-refractivity contribution >= 4 is 23.5 Å². The third-order valence-electron chi connectivity index (χ3n) is 1.96. The maximum atomic E-state index is 11.0.